The molecule has 0 saturated heterocycles. The van der Waals surface area contributed by atoms with E-state index in [-0.39, 0.29) is 23.6 Å². The van der Waals surface area contributed by atoms with Crippen molar-refractivity contribution in [2.75, 3.05) is 20.7 Å². The molecule has 1 aromatic carbocycles. The minimum atomic E-state index is -0.255. The first-order valence-corrected chi connectivity index (χ1v) is 8.45. The molecule has 2 aliphatic heterocycles. The van der Waals surface area contributed by atoms with Crippen molar-refractivity contribution >= 4 is 5.97 Å². The van der Waals surface area contributed by atoms with Crippen LogP contribution in [-0.4, -0.2) is 43.8 Å². The van der Waals surface area contributed by atoms with Crippen molar-refractivity contribution in [2.24, 2.45) is 0 Å². The third-order valence-corrected chi connectivity index (χ3v) is 5.45. The van der Waals surface area contributed by atoms with Gasteiger partial charge < -0.3 is 19.1 Å². The van der Waals surface area contributed by atoms with Crippen LogP contribution in [0.2, 0.25) is 0 Å². The molecule has 1 unspecified atom stereocenters. The van der Waals surface area contributed by atoms with Crippen molar-refractivity contribution in [2.45, 2.75) is 43.9 Å². The number of hydrogen-bond donors (Lipinski definition) is 0. The summed E-state index contributed by atoms with van der Waals surface area (Å²) in [4.78, 5) is 13.7. The van der Waals surface area contributed by atoms with Crippen molar-refractivity contribution < 1.29 is 19.0 Å². The highest BCUT2D eigenvalue weighted by Gasteiger charge is 2.53. The molecule has 0 saturated carbocycles. The van der Waals surface area contributed by atoms with Gasteiger partial charge in [0.25, 0.3) is 0 Å². The molecule has 0 bridgehead atoms. The van der Waals surface area contributed by atoms with Crippen LogP contribution >= 0.6 is 0 Å². The molecule has 4 rings (SSSR count). The average Bonchev–Trinajstić information content (AvgIpc) is 2.80. The van der Waals surface area contributed by atoms with E-state index in [4.69, 9.17) is 14.2 Å². The molecule has 1 aliphatic carbocycles. The number of ether oxygens (including phenoxy) is 3. The molecule has 0 aromatic heterocycles. The number of carbonyl (C=O) groups is 1. The smallest absolute Gasteiger partial charge is 0.303 e. The number of benzene rings is 1. The van der Waals surface area contributed by atoms with Gasteiger partial charge in [0.2, 0.25) is 0 Å². The standard InChI is InChI=1S/C19H23NO4/c1-12(21)23-14-6-7-19-8-9-20(2)11-13-4-5-15(22-3)18(17(13)19)24-16(19)10-14/h4-7,14,16H,8-11H2,1-3H3/t14-,16?,19-/m0/s1. The van der Waals surface area contributed by atoms with Gasteiger partial charge in [0.1, 0.15) is 12.2 Å². The highest BCUT2D eigenvalue weighted by atomic mass is 16.5. The Labute approximate surface area is 142 Å². The lowest BCUT2D eigenvalue weighted by molar-refractivity contribution is -0.145. The Kier molecular flexibility index (Phi) is 3.57. The van der Waals surface area contributed by atoms with Crippen molar-refractivity contribution in [1.82, 2.24) is 4.90 Å². The van der Waals surface area contributed by atoms with Gasteiger partial charge in [0.05, 0.1) is 12.5 Å². The van der Waals surface area contributed by atoms with E-state index in [1.807, 2.05) is 12.1 Å². The number of rotatable bonds is 2. The number of hydrogen-bond acceptors (Lipinski definition) is 5. The van der Waals surface area contributed by atoms with Gasteiger partial charge in [-0.05, 0) is 37.7 Å². The van der Waals surface area contributed by atoms with Gasteiger partial charge in [0, 0.05) is 25.5 Å². The van der Waals surface area contributed by atoms with Crippen LogP contribution in [0.4, 0.5) is 0 Å². The summed E-state index contributed by atoms with van der Waals surface area (Å²) in [5, 5.41) is 0. The molecule has 3 atom stereocenters. The van der Waals surface area contributed by atoms with E-state index in [0.29, 0.717) is 6.42 Å². The first kappa shape index (κ1) is 15.5. The second kappa shape index (κ2) is 5.52. The topological polar surface area (TPSA) is 48.0 Å². The van der Waals surface area contributed by atoms with E-state index in [0.717, 1.165) is 31.0 Å². The SMILES string of the molecule is COc1ccc2c3c1OC1C[C@@H](OC(C)=O)C=C[C@@]31CCN(C)C2. The quantitative estimate of drug-likeness (QED) is 0.616. The van der Waals surface area contributed by atoms with Crippen molar-refractivity contribution in [3.8, 4) is 11.5 Å². The maximum Gasteiger partial charge on any atom is 0.303 e. The first-order chi connectivity index (χ1) is 11.5. The predicted octanol–water partition coefficient (Wildman–Crippen LogP) is 2.42. The zero-order chi connectivity index (χ0) is 16.9. The molecule has 5 nitrogen and oxygen atoms in total. The monoisotopic (exact) mass is 329 g/mol. The third kappa shape index (κ3) is 2.22. The van der Waals surface area contributed by atoms with Crippen molar-refractivity contribution in [3.05, 3.63) is 35.4 Å². The molecular weight excluding hydrogens is 306 g/mol. The summed E-state index contributed by atoms with van der Waals surface area (Å²) in [6.07, 6.45) is 5.67. The molecular formula is C19H23NO4. The third-order valence-electron chi connectivity index (χ3n) is 5.45. The number of esters is 1. The molecule has 0 fully saturated rings. The maximum absolute atomic E-state index is 11.3. The summed E-state index contributed by atoms with van der Waals surface area (Å²) < 4.78 is 17.3. The summed E-state index contributed by atoms with van der Waals surface area (Å²) in [6.45, 7) is 3.36. The molecule has 3 aliphatic rings. The van der Waals surface area contributed by atoms with E-state index in [9.17, 15) is 4.79 Å². The molecule has 128 valence electrons. The minimum absolute atomic E-state index is 0.0246. The Balaban J connectivity index is 1.82. The highest BCUT2D eigenvalue weighted by Crippen LogP contribution is 2.55. The lowest BCUT2D eigenvalue weighted by Crippen LogP contribution is -2.43. The molecule has 5 heteroatoms. The van der Waals surface area contributed by atoms with Crippen molar-refractivity contribution in [3.63, 3.8) is 0 Å². The Morgan fingerprint density at radius 2 is 2.25 bits per heavy atom. The second-order valence-corrected chi connectivity index (χ2v) is 7.01. The molecule has 0 radical (unpaired) electrons. The zero-order valence-electron chi connectivity index (χ0n) is 14.4. The summed E-state index contributed by atoms with van der Waals surface area (Å²) >= 11 is 0. The van der Waals surface area contributed by atoms with Gasteiger partial charge in [-0.25, -0.2) is 0 Å². The summed E-state index contributed by atoms with van der Waals surface area (Å²) in [6, 6.07) is 4.14. The Hall–Kier alpha value is -2.01. The van der Waals surface area contributed by atoms with E-state index in [2.05, 4.69) is 24.1 Å². The molecule has 0 N–H and O–H groups in total. The van der Waals surface area contributed by atoms with Crippen molar-refractivity contribution in [1.29, 1.82) is 0 Å². The van der Waals surface area contributed by atoms with E-state index >= 15 is 0 Å². The van der Waals surface area contributed by atoms with Crippen LogP contribution in [0, 0.1) is 0 Å². The summed E-state index contributed by atoms with van der Waals surface area (Å²) in [5.74, 6) is 1.39. The van der Waals surface area contributed by atoms with E-state index in [1.165, 1.54) is 18.1 Å². The van der Waals surface area contributed by atoms with E-state index < -0.39 is 0 Å². The van der Waals surface area contributed by atoms with Gasteiger partial charge >= 0.3 is 5.97 Å². The van der Waals surface area contributed by atoms with E-state index in [1.54, 1.807) is 7.11 Å². The average molecular weight is 329 g/mol. The Bertz CT molecular complexity index is 714. The fourth-order valence-corrected chi connectivity index (χ4v) is 4.37. The summed E-state index contributed by atoms with van der Waals surface area (Å²) in [5.41, 5.74) is 2.40. The van der Waals surface area contributed by atoms with Crippen LogP contribution in [0.5, 0.6) is 11.5 Å². The molecule has 1 spiro atoms. The van der Waals surface area contributed by atoms with Gasteiger partial charge in [0.15, 0.2) is 11.5 Å². The van der Waals surface area contributed by atoms with Crippen LogP contribution in [0.1, 0.15) is 30.9 Å². The fraction of sp³-hybridized carbons (Fsp3) is 0.526. The second-order valence-electron chi connectivity index (χ2n) is 7.01. The number of nitrogens with zero attached hydrogens (tertiary/aromatic N) is 1. The molecule has 24 heavy (non-hydrogen) atoms. The Morgan fingerprint density at radius 3 is 3.00 bits per heavy atom. The number of methoxy groups -OCH3 is 1. The predicted molar refractivity (Wildman–Crippen MR) is 89.4 cm³/mol. The van der Waals surface area contributed by atoms with Gasteiger partial charge in [-0.3, -0.25) is 4.79 Å². The van der Waals surface area contributed by atoms with Gasteiger partial charge in [-0.15, -0.1) is 0 Å². The molecule has 0 amide bonds. The van der Waals surface area contributed by atoms with Crippen LogP contribution < -0.4 is 9.47 Å². The van der Waals surface area contributed by atoms with Gasteiger partial charge in [-0.2, -0.15) is 0 Å². The fourth-order valence-electron chi connectivity index (χ4n) is 4.37. The lowest BCUT2D eigenvalue weighted by Gasteiger charge is -2.36. The molecule has 2 heterocycles. The van der Waals surface area contributed by atoms with Crippen LogP contribution in [0.3, 0.4) is 0 Å². The first-order valence-electron chi connectivity index (χ1n) is 8.45. The summed E-state index contributed by atoms with van der Waals surface area (Å²) in [7, 11) is 3.83. The van der Waals surface area contributed by atoms with Gasteiger partial charge in [-0.1, -0.05) is 12.1 Å². The lowest BCUT2D eigenvalue weighted by atomic mass is 9.69. The largest absolute Gasteiger partial charge is 0.493 e. The van der Waals surface area contributed by atoms with Crippen LogP contribution in [-0.2, 0) is 21.5 Å². The maximum atomic E-state index is 11.3. The number of carbonyl (C=O) groups excluding carboxylic acids is 1. The van der Waals surface area contributed by atoms with Crippen LogP contribution in [0.15, 0.2) is 24.3 Å². The Morgan fingerprint density at radius 1 is 1.42 bits per heavy atom. The highest BCUT2D eigenvalue weighted by molar-refractivity contribution is 5.66. The zero-order valence-corrected chi connectivity index (χ0v) is 14.4. The normalized spacial score (nSPS) is 30.8. The van der Waals surface area contributed by atoms with Crippen LogP contribution in [0.25, 0.3) is 0 Å². The molecule has 1 aromatic rings. The minimum Gasteiger partial charge on any atom is -0.493 e.